The molecule has 0 bridgehead atoms. The van der Waals surface area contributed by atoms with Crippen molar-refractivity contribution >= 4 is 17.1 Å². The number of ketones is 1. The van der Waals surface area contributed by atoms with E-state index in [1.807, 2.05) is 11.7 Å². The molecule has 18 heavy (non-hydrogen) atoms. The maximum absolute atomic E-state index is 12.3. The van der Waals surface area contributed by atoms with Gasteiger partial charge in [-0.3, -0.25) is 9.78 Å². The lowest BCUT2D eigenvalue weighted by Crippen LogP contribution is -2.31. The first kappa shape index (κ1) is 12.3. The van der Waals surface area contributed by atoms with Gasteiger partial charge in [0.1, 0.15) is 5.78 Å². The summed E-state index contributed by atoms with van der Waals surface area (Å²) < 4.78 is 0. The third-order valence-electron chi connectivity index (χ3n) is 4.83. The monoisotopic (exact) mass is 263 g/mol. The van der Waals surface area contributed by atoms with Crippen molar-refractivity contribution in [2.24, 2.45) is 17.8 Å². The Hall–Kier alpha value is -0.700. The highest BCUT2D eigenvalue weighted by molar-refractivity contribution is 7.09. The highest BCUT2D eigenvalue weighted by Gasteiger charge is 2.34. The molecule has 2 fully saturated rings. The van der Waals surface area contributed by atoms with Crippen LogP contribution in [0, 0.1) is 17.8 Å². The SMILES string of the molecule is O=C(Cc1cncs1)C1CCC2CCCCC2C1. The van der Waals surface area contributed by atoms with Crippen LogP contribution in [0.3, 0.4) is 0 Å². The minimum absolute atomic E-state index is 0.339. The molecule has 3 rings (SSSR count). The van der Waals surface area contributed by atoms with Crippen LogP contribution in [-0.2, 0) is 11.2 Å². The molecule has 2 saturated carbocycles. The van der Waals surface area contributed by atoms with Gasteiger partial charge in [-0.15, -0.1) is 11.3 Å². The molecule has 1 heterocycles. The molecule has 2 nitrogen and oxygen atoms in total. The van der Waals surface area contributed by atoms with Crippen LogP contribution in [-0.4, -0.2) is 10.8 Å². The number of carbonyl (C=O) groups excluding carboxylic acids is 1. The topological polar surface area (TPSA) is 30.0 Å². The van der Waals surface area contributed by atoms with Crippen molar-refractivity contribution in [3.8, 4) is 0 Å². The molecule has 98 valence electrons. The molecule has 3 atom stereocenters. The molecule has 2 aliphatic rings. The van der Waals surface area contributed by atoms with Gasteiger partial charge in [0.15, 0.2) is 0 Å². The number of nitrogens with zero attached hydrogens (tertiary/aromatic N) is 1. The summed E-state index contributed by atoms with van der Waals surface area (Å²) in [6.07, 6.45) is 11.7. The van der Waals surface area contributed by atoms with Crippen LogP contribution in [0.15, 0.2) is 11.7 Å². The van der Waals surface area contributed by atoms with Gasteiger partial charge in [-0.25, -0.2) is 0 Å². The van der Waals surface area contributed by atoms with E-state index in [-0.39, 0.29) is 0 Å². The molecular weight excluding hydrogens is 242 g/mol. The van der Waals surface area contributed by atoms with Gasteiger partial charge in [-0.1, -0.05) is 25.7 Å². The summed E-state index contributed by atoms with van der Waals surface area (Å²) in [5.74, 6) is 2.59. The van der Waals surface area contributed by atoms with E-state index in [0.29, 0.717) is 18.1 Å². The van der Waals surface area contributed by atoms with Gasteiger partial charge in [0.05, 0.1) is 5.51 Å². The number of hydrogen-bond acceptors (Lipinski definition) is 3. The van der Waals surface area contributed by atoms with Gasteiger partial charge in [-0.05, 0) is 31.1 Å². The predicted octanol–water partition coefficient (Wildman–Crippen LogP) is 3.86. The third-order valence-corrected chi connectivity index (χ3v) is 5.61. The number of rotatable bonds is 3. The largest absolute Gasteiger partial charge is 0.299 e. The molecule has 0 radical (unpaired) electrons. The Morgan fingerprint density at radius 1 is 1.22 bits per heavy atom. The Morgan fingerprint density at radius 2 is 2.06 bits per heavy atom. The van der Waals surface area contributed by atoms with Gasteiger partial charge in [0.25, 0.3) is 0 Å². The summed E-state index contributed by atoms with van der Waals surface area (Å²) in [6, 6.07) is 0. The highest BCUT2D eigenvalue weighted by atomic mass is 32.1. The summed E-state index contributed by atoms with van der Waals surface area (Å²) in [7, 11) is 0. The summed E-state index contributed by atoms with van der Waals surface area (Å²) in [4.78, 5) is 17.5. The second-order valence-electron chi connectivity index (χ2n) is 5.93. The van der Waals surface area contributed by atoms with Crippen molar-refractivity contribution in [1.29, 1.82) is 0 Å². The molecule has 0 spiro atoms. The number of Topliss-reactive ketones (excluding diaryl/α,β-unsaturated/α-hetero) is 1. The molecule has 1 aromatic rings. The van der Waals surface area contributed by atoms with E-state index in [1.54, 1.807) is 11.3 Å². The third kappa shape index (κ3) is 2.66. The van der Waals surface area contributed by atoms with E-state index in [4.69, 9.17) is 0 Å². The maximum atomic E-state index is 12.3. The lowest BCUT2D eigenvalue weighted by atomic mass is 9.66. The fourth-order valence-corrected chi connectivity index (χ4v) is 4.42. The normalized spacial score (nSPS) is 31.9. The van der Waals surface area contributed by atoms with Crippen molar-refractivity contribution in [2.75, 3.05) is 0 Å². The van der Waals surface area contributed by atoms with Gasteiger partial charge in [0.2, 0.25) is 0 Å². The van der Waals surface area contributed by atoms with Crippen LogP contribution < -0.4 is 0 Å². The molecule has 3 unspecified atom stereocenters. The fourth-order valence-electron chi connectivity index (χ4n) is 3.81. The van der Waals surface area contributed by atoms with Crippen molar-refractivity contribution < 1.29 is 4.79 Å². The highest BCUT2D eigenvalue weighted by Crippen LogP contribution is 2.43. The average molecular weight is 263 g/mol. The standard InChI is InChI=1S/C15H21NOS/c17-15(8-14-9-16-10-18-14)13-6-5-11-3-1-2-4-12(11)7-13/h9-13H,1-8H2. The van der Waals surface area contributed by atoms with E-state index in [9.17, 15) is 4.79 Å². The zero-order valence-corrected chi connectivity index (χ0v) is 11.6. The Kier molecular flexibility index (Phi) is 3.78. The Balaban J connectivity index is 1.58. The Labute approximate surface area is 113 Å². The molecule has 0 N–H and O–H groups in total. The van der Waals surface area contributed by atoms with Gasteiger partial charge in [-0.2, -0.15) is 0 Å². The second kappa shape index (κ2) is 5.52. The Morgan fingerprint density at radius 3 is 2.83 bits per heavy atom. The van der Waals surface area contributed by atoms with Crippen LogP contribution in [0.1, 0.15) is 49.8 Å². The lowest BCUT2D eigenvalue weighted by Gasteiger charge is -2.38. The molecule has 1 aromatic heterocycles. The zero-order chi connectivity index (χ0) is 12.4. The zero-order valence-electron chi connectivity index (χ0n) is 10.8. The van der Waals surface area contributed by atoms with Gasteiger partial charge >= 0.3 is 0 Å². The summed E-state index contributed by atoms with van der Waals surface area (Å²) >= 11 is 1.61. The number of fused-ring (bicyclic) bond motifs is 1. The summed E-state index contributed by atoms with van der Waals surface area (Å²) in [5, 5.41) is 0. The van der Waals surface area contributed by atoms with E-state index in [0.717, 1.165) is 23.1 Å². The van der Waals surface area contributed by atoms with Gasteiger partial charge < -0.3 is 0 Å². The van der Waals surface area contributed by atoms with Crippen LogP contribution in [0.5, 0.6) is 0 Å². The number of aromatic nitrogens is 1. The molecule has 0 amide bonds. The fraction of sp³-hybridized carbons (Fsp3) is 0.733. The molecule has 0 aromatic carbocycles. The Bertz CT molecular complexity index is 401. The second-order valence-corrected chi connectivity index (χ2v) is 6.90. The summed E-state index contributed by atoms with van der Waals surface area (Å²) in [6.45, 7) is 0. The number of hydrogen-bond donors (Lipinski definition) is 0. The predicted molar refractivity (Wildman–Crippen MR) is 73.6 cm³/mol. The molecule has 0 aliphatic heterocycles. The molecule has 0 saturated heterocycles. The van der Waals surface area contributed by atoms with E-state index in [1.165, 1.54) is 38.5 Å². The smallest absolute Gasteiger partial charge is 0.141 e. The first-order chi connectivity index (χ1) is 8.83. The van der Waals surface area contributed by atoms with Crippen LogP contribution in [0.25, 0.3) is 0 Å². The van der Waals surface area contributed by atoms with Crippen LogP contribution in [0.2, 0.25) is 0 Å². The van der Waals surface area contributed by atoms with Crippen molar-refractivity contribution in [3.63, 3.8) is 0 Å². The van der Waals surface area contributed by atoms with Crippen LogP contribution in [0.4, 0.5) is 0 Å². The molecule has 3 heteroatoms. The van der Waals surface area contributed by atoms with E-state index < -0.39 is 0 Å². The quantitative estimate of drug-likeness (QED) is 0.829. The van der Waals surface area contributed by atoms with Gasteiger partial charge in [0, 0.05) is 23.4 Å². The average Bonchev–Trinajstić information content (AvgIpc) is 2.91. The minimum Gasteiger partial charge on any atom is -0.299 e. The first-order valence-corrected chi connectivity index (χ1v) is 8.11. The summed E-state index contributed by atoms with van der Waals surface area (Å²) in [5.41, 5.74) is 1.82. The minimum atomic E-state index is 0.339. The van der Waals surface area contributed by atoms with Crippen molar-refractivity contribution in [3.05, 3.63) is 16.6 Å². The van der Waals surface area contributed by atoms with Crippen LogP contribution >= 0.6 is 11.3 Å². The number of thiazole rings is 1. The maximum Gasteiger partial charge on any atom is 0.141 e. The molecule has 2 aliphatic carbocycles. The van der Waals surface area contributed by atoms with Crippen molar-refractivity contribution in [1.82, 2.24) is 4.98 Å². The van der Waals surface area contributed by atoms with E-state index in [2.05, 4.69) is 4.98 Å². The van der Waals surface area contributed by atoms with Crippen molar-refractivity contribution in [2.45, 2.75) is 51.4 Å². The first-order valence-electron chi connectivity index (χ1n) is 7.23. The number of carbonyl (C=O) groups is 1. The molecular formula is C15H21NOS. The lowest BCUT2D eigenvalue weighted by molar-refractivity contribution is -0.124. The van der Waals surface area contributed by atoms with E-state index >= 15 is 0 Å².